The molecule has 0 radical (unpaired) electrons. The van der Waals surface area contributed by atoms with E-state index in [4.69, 9.17) is 16.3 Å². The van der Waals surface area contributed by atoms with Gasteiger partial charge in [-0.2, -0.15) is 8.78 Å². The van der Waals surface area contributed by atoms with E-state index in [1.165, 1.54) is 24.3 Å². The minimum atomic E-state index is -3.89. The average molecular weight is 566 g/mol. The summed E-state index contributed by atoms with van der Waals surface area (Å²) in [7, 11) is 0. The van der Waals surface area contributed by atoms with Crippen LogP contribution < -0.4 is 10.1 Å². The van der Waals surface area contributed by atoms with Crippen molar-refractivity contribution in [3.8, 4) is 16.3 Å². The summed E-state index contributed by atoms with van der Waals surface area (Å²) in [4.78, 5) is 18.4. The predicted molar refractivity (Wildman–Crippen MR) is 139 cm³/mol. The molecule has 1 saturated carbocycles. The first kappa shape index (κ1) is 26.9. The third-order valence-electron chi connectivity index (χ3n) is 6.66. The molecule has 2 fully saturated rings. The molecule has 1 aliphatic carbocycles. The number of alkyl halides is 2. The molecule has 3 aromatic rings. The van der Waals surface area contributed by atoms with Crippen molar-refractivity contribution in [2.45, 2.75) is 49.9 Å². The minimum Gasteiger partial charge on any atom is -0.489 e. The number of likely N-dealkylation sites (tertiary alicyclic amines) is 1. The van der Waals surface area contributed by atoms with Crippen molar-refractivity contribution in [3.63, 3.8) is 0 Å². The van der Waals surface area contributed by atoms with Crippen molar-refractivity contribution in [2.24, 2.45) is 0 Å². The van der Waals surface area contributed by atoms with Gasteiger partial charge < -0.3 is 20.1 Å². The Kier molecular flexibility index (Phi) is 7.95. The van der Waals surface area contributed by atoms with Crippen LogP contribution in [0, 0.1) is 5.82 Å². The molecule has 1 amide bonds. The lowest BCUT2D eigenvalue weighted by molar-refractivity contribution is -0.148. The number of nitrogens with one attached hydrogen (secondary N) is 1. The van der Waals surface area contributed by atoms with E-state index in [-0.39, 0.29) is 17.7 Å². The molecule has 202 valence electrons. The number of amides is 1. The van der Waals surface area contributed by atoms with Gasteiger partial charge in [0.2, 0.25) is 0 Å². The lowest BCUT2D eigenvalue weighted by Gasteiger charge is -2.30. The molecular weight excluding hydrogens is 539 g/mol. The van der Waals surface area contributed by atoms with Gasteiger partial charge >= 0.3 is 5.92 Å². The van der Waals surface area contributed by atoms with Crippen molar-refractivity contribution in [1.82, 2.24) is 15.2 Å². The maximum Gasteiger partial charge on any atom is 0.360 e. The molecule has 2 heterocycles. The second-order valence-corrected chi connectivity index (χ2v) is 11.1. The maximum absolute atomic E-state index is 15.3. The van der Waals surface area contributed by atoms with Crippen LogP contribution in [-0.2, 0) is 10.7 Å². The summed E-state index contributed by atoms with van der Waals surface area (Å²) in [6, 6.07) is 9.11. The molecule has 2 atom stereocenters. The fourth-order valence-electron chi connectivity index (χ4n) is 4.38. The van der Waals surface area contributed by atoms with Crippen LogP contribution in [0.5, 0.6) is 5.75 Å². The van der Waals surface area contributed by atoms with Crippen molar-refractivity contribution in [1.29, 1.82) is 0 Å². The normalized spacial score (nSPS) is 17.8. The number of thiazole rings is 1. The van der Waals surface area contributed by atoms with Gasteiger partial charge in [-0.3, -0.25) is 4.79 Å². The number of carbonyl (C=O) groups excluding carboxylic acids is 1. The fraction of sp³-hybridized carbons (Fsp3) is 0.407. The number of benzene rings is 2. The molecule has 6 nitrogen and oxygen atoms in total. The number of aromatic nitrogens is 1. The number of aliphatic hydroxyl groups excluding tert-OH is 1. The smallest absolute Gasteiger partial charge is 0.360 e. The summed E-state index contributed by atoms with van der Waals surface area (Å²) >= 11 is 7.02. The van der Waals surface area contributed by atoms with Crippen LogP contribution in [0.2, 0.25) is 5.02 Å². The second-order valence-electron chi connectivity index (χ2n) is 9.65. The quantitative estimate of drug-likeness (QED) is 0.337. The van der Waals surface area contributed by atoms with E-state index in [0.717, 1.165) is 45.0 Å². The third kappa shape index (κ3) is 6.14. The van der Waals surface area contributed by atoms with E-state index in [2.05, 4.69) is 10.3 Å². The lowest BCUT2D eigenvalue weighted by Crippen LogP contribution is -2.50. The number of aliphatic hydroxyl groups is 1. The number of hydrogen-bond acceptors (Lipinski definition) is 6. The van der Waals surface area contributed by atoms with Crippen molar-refractivity contribution >= 4 is 28.8 Å². The molecule has 0 bridgehead atoms. The maximum atomic E-state index is 15.3. The summed E-state index contributed by atoms with van der Waals surface area (Å²) in [5.74, 6) is -5.38. The number of nitrogens with zero attached hydrogens (tertiary/aromatic N) is 2. The van der Waals surface area contributed by atoms with E-state index in [9.17, 15) is 14.3 Å². The number of ether oxygens (including phenoxy) is 1. The minimum absolute atomic E-state index is 0.142. The first-order chi connectivity index (χ1) is 18.2. The predicted octanol–water partition coefficient (Wildman–Crippen LogP) is 5.55. The molecule has 2 unspecified atom stereocenters. The number of carbonyl (C=O) groups is 1. The molecular formula is C27H27ClF3N3O3S. The molecule has 2 N–H and O–H groups in total. The highest BCUT2D eigenvalue weighted by Crippen LogP contribution is 2.37. The van der Waals surface area contributed by atoms with Gasteiger partial charge in [-0.25, -0.2) is 9.37 Å². The van der Waals surface area contributed by atoms with Crippen molar-refractivity contribution in [3.05, 3.63) is 69.9 Å². The molecule has 1 aliphatic heterocycles. The molecule has 38 heavy (non-hydrogen) atoms. The van der Waals surface area contributed by atoms with E-state index < -0.39 is 34.7 Å². The van der Waals surface area contributed by atoms with Gasteiger partial charge in [-0.05, 0) is 80.7 Å². The lowest BCUT2D eigenvalue weighted by atomic mass is 10.0. The molecule has 2 aliphatic rings. The highest BCUT2D eigenvalue weighted by Gasteiger charge is 2.45. The Morgan fingerprint density at radius 2 is 1.92 bits per heavy atom. The van der Waals surface area contributed by atoms with Crippen LogP contribution in [0.1, 0.15) is 42.2 Å². The van der Waals surface area contributed by atoms with Crippen LogP contribution in [-0.4, -0.2) is 52.7 Å². The second kappa shape index (κ2) is 11.2. The van der Waals surface area contributed by atoms with Crippen LogP contribution in [0.4, 0.5) is 13.2 Å². The first-order valence-corrected chi connectivity index (χ1v) is 13.7. The van der Waals surface area contributed by atoms with Gasteiger partial charge in [0, 0.05) is 18.3 Å². The Labute approximate surface area is 227 Å². The SMILES string of the molecule is O=C(NC(CN1CCCC1)C(O)c1ccc(OC2CC2)c(Cl)c1)C(F)(F)c1cnc(-c2ccc(F)cc2)s1. The van der Waals surface area contributed by atoms with Crippen LogP contribution in [0.25, 0.3) is 10.6 Å². The van der Waals surface area contributed by atoms with Gasteiger partial charge in [0.15, 0.2) is 0 Å². The summed E-state index contributed by atoms with van der Waals surface area (Å²) in [6.45, 7) is 1.70. The summed E-state index contributed by atoms with van der Waals surface area (Å²) < 4.78 is 49.6. The Balaban J connectivity index is 1.34. The molecule has 2 aromatic carbocycles. The average Bonchev–Trinajstić information content (AvgIpc) is 3.33. The molecule has 11 heteroatoms. The van der Waals surface area contributed by atoms with Gasteiger partial charge in [0.25, 0.3) is 5.91 Å². The molecule has 5 rings (SSSR count). The van der Waals surface area contributed by atoms with E-state index >= 15 is 8.78 Å². The number of halogens is 4. The zero-order valence-electron chi connectivity index (χ0n) is 20.4. The van der Waals surface area contributed by atoms with E-state index in [1.807, 2.05) is 4.90 Å². The zero-order valence-corrected chi connectivity index (χ0v) is 22.0. The Hall–Kier alpha value is -2.66. The van der Waals surface area contributed by atoms with Gasteiger partial charge in [0.1, 0.15) is 27.6 Å². The zero-order chi connectivity index (χ0) is 26.9. The van der Waals surface area contributed by atoms with E-state index in [1.54, 1.807) is 18.2 Å². The van der Waals surface area contributed by atoms with Gasteiger partial charge in [-0.15, -0.1) is 11.3 Å². The monoisotopic (exact) mass is 565 g/mol. The van der Waals surface area contributed by atoms with Crippen molar-refractivity contribution in [2.75, 3.05) is 19.6 Å². The first-order valence-electron chi connectivity index (χ1n) is 12.5. The van der Waals surface area contributed by atoms with Crippen molar-refractivity contribution < 1.29 is 27.8 Å². The fourth-order valence-corrected chi connectivity index (χ4v) is 5.51. The molecule has 1 saturated heterocycles. The Bertz CT molecular complexity index is 1280. The van der Waals surface area contributed by atoms with Crippen LogP contribution >= 0.6 is 22.9 Å². The van der Waals surface area contributed by atoms with Gasteiger partial charge in [0.05, 0.1) is 17.2 Å². The van der Waals surface area contributed by atoms with E-state index in [0.29, 0.717) is 33.2 Å². The molecule has 0 spiro atoms. The van der Waals surface area contributed by atoms with Crippen LogP contribution in [0.3, 0.4) is 0 Å². The Morgan fingerprint density at radius 3 is 2.58 bits per heavy atom. The highest BCUT2D eigenvalue weighted by molar-refractivity contribution is 7.15. The number of hydrogen-bond donors (Lipinski definition) is 2. The summed E-state index contributed by atoms with van der Waals surface area (Å²) in [6.07, 6.45) is 3.65. The number of rotatable bonds is 10. The summed E-state index contributed by atoms with van der Waals surface area (Å²) in [5.41, 5.74) is 0.856. The standard InChI is InChI=1S/C27H27ClF3N3O3S/c28-20-13-17(5-10-22(20)37-19-8-9-19)24(35)21(15-34-11-1-2-12-34)33-26(36)27(30,31)23-14-32-25(38-23)16-3-6-18(29)7-4-16/h3-7,10,13-14,19,21,24,35H,1-2,8-9,11-12,15H2,(H,33,36). The van der Waals surface area contributed by atoms with Crippen LogP contribution in [0.15, 0.2) is 48.7 Å². The summed E-state index contributed by atoms with van der Waals surface area (Å²) in [5, 5.41) is 14.1. The topological polar surface area (TPSA) is 74.7 Å². The molecule has 1 aromatic heterocycles. The Morgan fingerprint density at radius 1 is 1.21 bits per heavy atom. The van der Waals surface area contributed by atoms with Gasteiger partial charge in [-0.1, -0.05) is 17.7 Å². The largest absolute Gasteiger partial charge is 0.489 e. The highest BCUT2D eigenvalue weighted by atomic mass is 35.5. The third-order valence-corrected chi connectivity index (χ3v) is 8.07.